The number of carbonyl (C=O) groups excluding carboxylic acids is 2. The van der Waals surface area contributed by atoms with Crippen molar-refractivity contribution in [1.82, 2.24) is 9.97 Å². The van der Waals surface area contributed by atoms with Crippen LogP contribution >= 0.6 is 0 Å². The highest BCUT2D eigenvalue weighted by molar-refractivity contribution is 6.27. The minimum Gasteiger partial charge on any atom is -0.468 e. The van der Waals surface area contributed by atoms with E-state index in [1.807, 2.05) is 6.07 Å². The van der Waals surface area contributed by atoms with E-state index in [9.17, 15) is 14.0 Å². The number of Topliss-reactive ketones (excluding diaryl/α,β-unsaturated/α-hetero) is 1. The number of aromatic amines is 1. The van der Waals surface area contributed by atoms with Gasteiger partial charge in [0.05, 0.1) is 13.7 Å². The van der Waals surface area contributed by atoms with Crippen molar-refractivity contribution in [3.63, 3.8) is 0 Å². The van der Waals surface area contributed by atoms with Crippen molar-refractivity contribution >= 4 is 34.8 Å². The minimum absolute atomic E-state index is 0.0440. The van der Waals surface area contributed by atoms with E-state index in [4.69, 9.17) is 9.47 Å². The van der Waals surface area contributed by atoms with Gasteiger partial charge >= 0.3 is 5.97 Å². The van der Waals surface area contributed by atoms with E-state index < -0.39 is 23.5 Å². The molecule has 8 heteroatoms. The number of nitrogens with zero attached hydrogens (tertiary/aromatic N) is 2. The summed E-state index contributed by atoms with van der Waals surface area (Å²) in [7, 11) is 1.18. The molecule has 0 spiro atoms. The third-order valence-electron chi connectivity index (χ3n) is 4.54. The van der Waals surface area contributed by atoms with Crippen LogP contribution in [0.4, 0.5) is 4.39 Å². The van der Waals surface area contributed by atoms with E-state index in [2.05, 4.69) is 15.0 Å². The van der Waals surface area contributed by atoms with Gasteiger partial charge < -0.3 is 14.5 Å². The highest BCUT2D eigenvalue weighted by Crippen LogP contribution is 2.28. The molecule has 1 aliphatic rings. The number of halogens is 1. The van der Waals surface area contributed by atoms with Crippen LogP contribution in [0.25, 0.3) is 17.1 Å². The summed E-state index contributed by atoms with van der Waals surface area (Å²) in [5, 5.41) is 0.794. The molecule has 1 atom stereocenters. The summed E-state index contributed by atoms with van der Waals surface area (Å²) < 4.78 is 24.2. The fourth-order valence-corrected chi connectivity index (χ4v) is 3.05. The van der Waals surface area contributed by atoms with Crippen LogP contribution in [0.3, 0.4) is 0 Å². The van der Waals surface area contributed by atoms with Crippen molar-refractivity contribution < 1.29 is 23.5 Å². The minimum atomic E-state index is -1.32. The lowest BCUT2D eigenvalue weighted by Crippen LogP contribution is -2.27. The number of nitrogens with one attached hydrogen (secondary N) is 1. The number of pyridine rings is 1. The van der Waals surface area contributed by atoms with Gasteiger partial charge in [-0.3, -0.25) is 9.59 Å². The van der Waals surface area contributed by atoms with Crippen molar-refractivity contribution in [3.8, 4) is 0 Å². The largest absolute Gasteiger partial charge is 0.468 e. The fraction of sp³-hybridized carbons (Fsp3) is 0.143. The Balaban J connectivity index is 1.69. The Hall–Kier alpha value is -3.81. The number of esters is 1. The first-order valence-electron chi connectivity index (χ1n) is 8.80. The molecule has 0 aliphatic carbocycles. The van der Waals surface area contributed by atoms with Crippen LogP contribution in [0.2, 0.25) is 0 Å². The summed E-state index contributed by atoms with van der Waals surface area (Å²) in [4.78, 5) is 36.3. The first kappa shape index (κ1) is 18.5. The van der Waals surface area contributed by atoms with Gasteiger partial charge in [-0.1, -0.05) is 18.2 Å². The third-order valence-corrected chi connectivity index (χ3v) is 4.54. The van der Waals surface area contributed by atoms with Crippen molar-refractivity contribution in [2.75, 3.05) is 7.11 Å². The van der Waals surface area contributed by atoms with Crippen LogP contribution in [-0.2, 0) is 25.6 Å². The second kappa shape index (κ2) is 7.67. The van der Waals surface area contributed by atoms with Gasteiger partial charge in [0, 0.05) is 28.9 Å². The first-order chi connectivity index (χ1) is 14.1. The summed E-state index contributed by atoms with van der Waals surface area (Å²) in [6, 6.07) is 9.73. The van der Waals surface area contributed by atoms with Crippen molar-refractivity contribution in [3.05, 3.63) is 71.5 Å². The lowest BCUT2D eigenvalue weighted by Gasteiger charge is -2.05. The van der Waals surface area contributed by atoms with Crippen LogP contribution in [-0.4, -0.2) is 34.7 Å². The molecule has 29 heavy (non-hydrogen) atoms. The maximum absolute atomic E-state index is 13.8. The van der Waals surface area contributed by atoms with Gasteiger partial charge in [-0.25, -0.2) is 14.4 Å². The number of aliphatic imine (C=N–C) groups is 1. The van der Waals surface area contributed by atoms with E-state index in [1.165, 1.54) is 19.3 Å². The first-order valence-corrected chi connectivity index (χ1v) is 8.80. The Bertz CT molecular complexity index is 1170. The number of ether oxygens (including phenoxy) is 2. The normalized spacial score (nSPS) is 19.1. The average Bonchev–Trinajstić information content (AvgIpc) is 3.28. The number of rotatable bonds is 4. The van der Waals surface area contributed by atoms with Crippen LogP contribution in [0.1, 0.15) is 11.1 Å². The summed E-state index contributed by atoms with van der Waals surface area (Å²) in [5.74, 6) is -3.26. The Labute approximate surface area is 164 Å². The molecule has 3 aromatic rings. The molecule has 1 aromatic carbocycles. The number of fused-ring (bicyclic) bond motifs is 1. The van der Waals surface area contributed by atoms with Crippen LogP contribution in [0.5, 0.6) is 0 Å². The number of H-pyrrole nitrogens is 1. The number of allylic oxidation sites excluding steroid dienone is 1. The maximum atomic E-state index is 13.8. The van der Waals surface area contributed by atoms with Crippen LogP contribution in [0.15, 0.2) is 59.5 Å². The molecule has 3 heterocycles. The Morgan fingerprint density at radius 1 is 1.34 bits per heavy atom. The SMILES string of the molecule is COC(=O)C1C(=O)/C(=C/c2c[nH]c3ncccc23)OC1=NCc1ccccc1F. The van der Waals surface area contributed by atoms with Crippen LogP contribution < -0.4 is 0 Å². The van der Waals surface area contributed by atoms with Gasteiger partial charge in [-0.2, -0.15) is 0 Å². The second-order valence-corrected chi connectivity index (χ2v) is 6.32. The number of aromatic nitrogens is 2. The molecular weight excluding hydrogens is 377 g/mol. The zero-order valence-electron chi connectivity index (χ0n) is 15.4. The molecule has 0 bridgehead atoms. The summed E-state index contributed by atoms with van der Waals surface area (Å²) in [6.07, 6.45) is 4.85. The second-order valence-electron chi connectivity index (χ2n) is 6.32. The molecule has 0 radical (unpaired) electrons. The molecule has 0 saturated carbocycles. The molecule has 146 valence electrons. The molecule has 1 N–H and O–H groups in total. The van der Waals surface area contributed by atoms with E-state index in [1.54, 1.807) is 36.7 Å². The van der Waals surface area contributed by atoms with E-state index in [0.29, 0.717) is 16.8 Å². The van der Waals surface area contributed by atoms with Crippen molar-refractivity contribution in [1.29, 1.82) is 0 Å². The van der Waals surface area contributed by atoms with Gasteiger partial charge in [-0.05, 0) is 24.3 Å². The van der Waals surface area contributed by atoms with Crippen molar-refractivity contribution in [2.24, 2.45) is 10.9 Å². The van der Waals surface area contributed by atoms with Gasteiger partial charge in [-0.15, -0.1) is 0 Å². The zero-order chi connectivity index (χ0) is 20.4. The summed E-state index contributed by atoms with van der Waals surface area (Å²) >= 11 is 0. The van der Waals surface area contributed by atoms with Gasteiger partial charge in [0.1, 0.15) is 11.5 Å². The number of carbonyl (C=O) groups is 2. The molecule has 1 saturated heterocycles. The number of ketones is 1. The Kier molecular flexibility index (Phi) is 4.90. The van der Waals surface area contributed by atoms with Crippen LogP contribution in [0, 0.1) is 11.7 Å². The van der Waals surface area contributed by atoms with E-state index >= 15 is 0 Å². The maximum Gasteiger partial charge on any atom is 0.326 e. The van der Waals surface area contributed by atoms with E-state index in [0.717, 1.165) is 5.39 Å². The number of hydrogen-bond donors (Lipinski definition) is 1. The topological polar surface area (TPSA) is 93.6 Å². The molecule has 1 fully saturated rings. The highest BCUT2D eigenvalue weighted by atomic mass is 19.1. The van der Waals surface area contributed by atoms with Crippen molar-refractivity contribution in [2.45, 2.75) is 6.54 Å². The number of methoxy groups -OCH3 is 1. The average molecular weight is 393 g/mol. The molecule has 4 rings (SSSR count). The quantitative estimate of drug-likeness (QED) is 0.418. The lowest BCUT2D eigenvalue weighted by atomic mass is 10.0. The lowest BCUT2D eigenvalue weighted by molar-refractivity contribution is -0.145. The molecular formula is C21H16FN3O4. The monoisotopic (exact) mass is 393 g/mol. The molecule has 1 unspecified atom stereocenters. The predicted molar refractivity (Wildman–Crippen MR) is 103 cm³/mol. The molecule has 2 aromatic heterocycles. The van der Waals surface area contributed by atoms with Gasteiger partial charge in [0.2, 0.25) is 11.7 Å². The van der Waals surface area contributed by atoms with Gasteiger partial charge in [0.15, 0.2) is 11.7 Å². The standard InChI is InChI=1S/C21H16FN3O4/c1-28-21(27)17-18(26)16(9-13-11-24-19-14(13)6-4-8-23-19)29-20(17)25-10-12-5-2-3-7-15(12)22/h2-9,11,17H,10H2,1H3,(H,23,24)/b16-9-,25-20?. The van der Waals surface area contributed by atoms with E-state index in [-0.39, 0.29) is 18.2 Å². The summed E-state index contributed by atoms with van der Waals surface area (Å²) in [5.41, 5.74) is 1.65. The summed E-state index contributed by atoms with van der Waals surface area (Å²) in [6.45, 7) is -0.0763. The Morgan fingerprint density at radius 3 is 2.97 bits per heavy atom. The molecule has 1 aliphatic heterocycles. The molecule has 7 nitrogen and oxygen atoms in total. The zero-order valence-corrected chi connectivity index (χ0v) is 15.4. The van der Waals surface area contributed by atoms with Gasteiger partial charge in [0.25, 0.3) is 0 Å². The predicted octanol–water partition coefficient (Wildman–Crippen LogP) is 3.03. The number of benzene rings is 1. The Morgan fingerprint density at radius 2 is 2.17 bits per heavy atom. The smallest absolute Gasteiger partial charge is 0.326 e. The highest BCUT2D eigenvalue weighted by Gasteiger charge is 2.44. The molecule has 0 amide bonds. The number of hydrogen-bond acceptors (Lipinski definition) is 6. The fourth-order valence-electron chi connectivity index (χ4n) is 3.05. The third kappa shape index (κ3) is 3.52.